The van der Waals surface area contributed by atoms with Crippen molar-refractivity contribution in [3.63, 3.8) is 0 Å². The number of nitrogens with zero attached hydrogens (tertiary/aromatic N) is 1. The number of hydrogen-bond donors (Lipinski definition) is 2. The molecule has 0 atom stereocenters. The smallest absolute Gasteiger partial charge is 0.191 e. The average molecular weight is 466 g/mol. The lowest BCUT2D eigenvalue weighted by Crippen LogP contribution is -2.46. The van der Waals surface area contributed by atoms with E-state index in [0.29, 0.717) is 12.0 Å². The molecule has 0 radical (unpaired) electrons. The van der Waals surface area contributed by atoms with Crippen LogP contribution in [0.4, 0.5) is 0 Å². The van der Waals surface area contributed by atoms with Gasteiger partial charge >= 0.3 is 0 Å². The molecule has 1 aromatic rings. The molecule has 0 unspecified atom stereocenters. The number of hydrogen-bond acceptors (Lipinski definition) is 2. The summed E-state index contributed by atoms with van der Waals surface area (Å²) in [6, 6.07) is 7.84. The van der Waals surface area contributed by atoms with E-state index in [9.17, 15) is 0 Å². The van der Waals surface area contributed by atoms with Crippen LogP contribution in [-0.4, -0.2) is 32.8 Å². The van der Waals surface area contributed by atoms with Crippen molar-refractivity contribution in [3.8, 4) is 0 Å². The van der Waals surface area contributed by atoms with Crippen LogP contribution >= 0.6 is 35.6 Å². The topological polar surface area (TPSA) is 45.7 Å². The summed E-state index contributed by atoms with van der Waals surface area (Å²) in [6.07, 6.45) is 5.00. The molecule has 136 valence electrons. The average Bonchev–Trinajstić information content (AvgIpc) is 2.52. The Balaban J connectivity index is 0.00000288. The van der Waals surface area contributed by atoms with Gasteiger partial charge in [0.1, 0.15) is 0 Å². The number of guanidine groups is 1. The van der Waals surface area contributed by atoms with Crippen LogP contribution in [0, 0.1) is 5.41 Å². The summed E-state index contributed by atoms with van der Waals surface area (Å²) in [5.41, 5.74) is 1.54. The molecule has 4 nitrogen and oxygen atoms in total. The van der Waals surface area contributed by atoms with Crippen LogP contribution in [0.25, 0.3) is 0 Å². The van der Waals surface area contributed by atoms with Crippen LogP contribution in [0.5, 0.6) is 0 Å². The third kappa shape index (κ3) is 6.76. The van der Waals surface area contributed by atoms with Gasteiger partial charge in [0.15, 0.2) is 5.96 Å². The van der Waals surface area contributed by atoms with Gasteiger partial charge in [-0.15, -0.1) is 24.0 Å². The van der Waals surface area contributed by atoms with Gasteiger partial charge in [0.05, 0.1) is 6.54 Å². The summed E-state index contributed by atoms with van der Waals surface area (Å²) in [5.74, 6) is 0.881. The zero-order valence-electron chi connectivity index (χ0n) is 14.6. The zero-order valence-corrected chi connectivity index (χ0v) is 17.7. The molecule has 1 fully saturated rings. The number of aliphatic imine (C=N–C) groups is 1. The summed E-state index contributed by atoms with van der Waals surface area (Å²) >= 11 is 5.92. The molecule has 0 bridgehead atoms. The molecule has 0 aromatic heterocycles. The summed E-state index contributed by atoms with van der Waals surface area (Å²) in [6.45, 7) is 5.39. The van der Waals surface area contributed by atoms with E-state index in [1.807, 2.05) is 24.3 Å². The van der Waals surface area contributed by atoms with E-state index in [1.54, 1.807) is 7.11 Å². The Morgan fingerprint density at radius 1 is 1.25 bits per heavy atom. The fourth-order valence-corrected chi connectivity index (χ4v) is 3.01. The Kier molecular flexibility index (Phi) is 10.0. The summed E-state index contributed by atoms with van der Waals surface area (Å²) in [5, 5.41) is 7.59. The normalized spacial score (nSPS) is 16.0. The van der Waals surface area contributed by atoms with E-state index >= 15 is 0 Å². The molecule has 1 saturated carbocycles. The van der Waals surface area contributed by atoms with Crippen LogP contribution in [0.15, 0.2) is 29.3 Å². The highest BCUT2D eigenvalue weighted by Crippen LogP contribution is 2.43. The van der Waals surface area contributed by atoms with E-state index in [-0.39, 0.29) is 24.0 Å². The minimum absolute atomic E-state index is 0. The van der Waals surface area contributed by atoms with E-state index in [2.05, 4.69) is 22.5 Å². The largest absolute Gasteiger partial charge is 0.385 e. The molecule has 24 heavy (non-hydrogen) atoms. The first-order valence-electron chi connectivity index (χ1n) is 8.43. The van der Waals surface area contributed by atoms with Crippen molar-refractivity contribution in [2.45, 2.75) is 39.2 Å². The predicted octanol–water partition coefficient (Wildman–Crippen LogP) is 4.22. The number of benzene rings is 1. The summed E-state index contributed by atoms with van der Waals surface area (Å²) in [7, 11) is 1.78. The van der Waals surface area contributed by atoms with Crippen molar-refractivity contribution < 1.29 is 4.74 Å². The number of methoxy groups -OCH3 is 1. The minimum atomic E-state index is 0. The fourth-order valence-electron chi connectivity index (χ4n) is 2.88. The Morgan fingerprint density at radius 3 is 2.50 bits per heavy atom. The molecule has 2 N–H and O–H groups in total. The lowest BCUT2D eigenvalue weighted by Gasteiger charge is -2.42. The van der Waals surface area contributed by atoms with Crippen molar-refractivity contribution in [1.29, 1.82) is 0 Å². The maximum atomic E-state index is 5.92. The summed E-state index contributed by atoms with van der Waals surface area (Å²) in [4.78, 5) is 4.68. The molecule has 1 aromatic carbocycles. The molecule has 0 saturated heterocycles. The standard InChI is InChI=1S/C18H28ClN3O.HI/c1-3-20-17(21-13-15-5-7-16(19)8-6-15)22-14-18(9-4-10-18)11-12-23-2;/h5-8H,3-4,9-14H2,1-2H3,(H2,20,21,22);1H. The number of nitrogens with one attached hydrogen (secondary N) is 2. The molecule has 1 aliphatic carbocycles. The van der Waals surface area contributed by atoms with Crippen molar-refractivity contribution in [1.82, 2.24) is 10.6 Å². The van der Waals surface area contributed by atoms with Gasteiger partial charge < -0.3 is 15.4 Å². The molecule has 0 amide bonds. The quantitative estimate of drug-likeness (QED) is 0.343. The molecule has 0 spiro atoms. The van der Waals surface area contributed by atoms with Gasteiger partial charge in [-0.1, -0.05) is 30.2 Å². The number of ether oxygens (including phenoxy) is 1. The molecule has 2 rings (SSSR count). The lowest BCUT2D eigenvalue weighted by atomic mass is 9.67. The minimum Gasteiger partial charge on any atom is -0.385 e. The monoisotopic (exact) mass is 465 g/mol. The van der Waals surface area contributed by atoms with Crippen LogP contribution in [0.3, 0.4) is 0 Å². The van der Waals surface area contributed by atoms with Gasteiger partial charge in [0, 0.05) is 31.8 Å². The Labute approximate surface area is 167 Å². The van der Waals surface area contributed by atoms with Crippen LogP contribution < -0.4 is 10.6 Å². The van der Waals surface area contributed by atoms with E-state index in [4.69, 9.17) is 16.3 Å². The third-order valence-electron chi connectivity index (χ3n) is 4.56. The molecule has 6 heteroatoms. The molecule has 0 heterocycles. The maximum absolute atomic E-state index is 5.92. The Hall–Kier alpha value is -0.530. The fraction of sp³-hybridized carbons (Fsp3) is 0.611. The van der Waals surface area contributed by atoms with Gasteiger partial charge in [-0.05, 0) is 49.3 Å². The molecule has 0 aliphatic heterocycles. The van der Waals surface area contributed by atoms with Gasteiger partial charge in [0.25, 0.3) is 0 Å². The predicted molar refractivity (Wildman–Crippen MR) is 112 cm³/mol. The highest BCUT2D eigenvalue weighted by atomic mass is 127. The second-order valence-electron chi connectivity index (χ2n) is 6.27. The highest BCUT2D eigenvalue weighted by molar-refractivity contribution is 14.0. The Bertz CT molecular complexity index is 503. The van der Waals surface area contributed by atoms with Crippen LogP contribution in [0.2, 0.25) is 5.02 Å². The second kappa shape index (κ2) is 11.2. The number of halogens is 2. The van der Waals surface area contributed by atoms with E-state index in [1.165, 1.54) is 19.3 Å². The first-order chi connectivity index (χ1) is 11.2. The zero-order chi connectivity index (χ0) is 16.5. The third-order valence-corrected chi connectivity index (χ3v) is 4.81. The first-order valence-corrected chi connectivity index (χ1v) is 8.81. The molecular formula is C18H29ClIN3O. The van der Waals surface area contributed by atoms with Crippen molar-refractivity contribution >= 4 is 41.5 Å². The number of rotatable bonds is 8. The van der Waals surface area contributed by atoms with Crippen LogP contribution in [0.1, 0.15) is 38.2 Å². The molecular weight excluding hydrogens is 437 g/mol. The van der Waals surface area contributed by atoms with Gasteiger partial charge in [-0.25, -0.2) is 4.99 Å². The van der Waals surface area contributed by atoms with E-state index in [0.717, 1.165) is 42.7 Å². The summed E-state index contributed by atoms with van der Waals surface area (Å²) < 4.78 is 5.26. The van der Waals surface area contributed by atoms with Crippen molar-refractivity contribution in [2.24, 2.45) is 10.4 Å². The van der Waals surface area contributed by atoms with Gasteiger partial charge in [-0.2, -0.15) is 0 Å². The first kappa shape index (κ1) is 21.5. The van der Waals surface area contributed by atoms with Crippen LogP contribution in [-0.2, 0) is 11.3 Å². The Morgan fingerprint density at radius 2 is 1.96 bits per heavy atom. The SMILES string of the molecule is CCNC(=NCc1ccc(Cl)cc1)NCC1(CCOC)CCC1.I. The van der Waals surface area contributed by atoms with E-state index < -0.39 is 0 Å². The molecule has 1 aliphatic rings. The second-order valence-corrected chi connectivity index (χ2v) is 6.71. The highest BCUT2D eigenvalue weighted by Gasteiger charge is 2.36. The maximum Gasteiger partial charge on any atom is 0.191 e. The van der Waals surface area contributed by atoms with Crippen molar-refractivity contribution in [3.05, 3.63) is 34.9 Å². The van der Waals surface area contributed by atoms with Gasteiger partial charge in [0.2, 0.25) is 0 Å². The van der Waals surface area contributed by atoms with Crippen molar-refractivity contribution in [2.75, 3.05) is 26.8 Å². The lowest BCUT2D eigenvalue weighted by molar-refractivity contribution is 0.0732. The van der Waals surface area contributed by atoms with Gasteiger partial charge in [-0.3, -0.25) is 0 Å².